The molecule has 0 aromatic heterocycles. The highest BCUT2D eigenvalue weighted by Gasteiger charge is 2.52. The summed E-state index contributed by atoms with van der Waals surface area (Å²) >= 11 is 0. The molecule has 1 amide bonds. The molecule has 6 heteroatoms. The first kappa shape index (κ1) is 19.5. The molecule has 5 rings (SSSR count). The van der Waals surface area contributed by atoms with Crippen LogP contribution in [-0.4, -0.2) is 52.9 Å². The number of benzene rings is 2. The standard InChI is InChI=1S/C24H29N3O3/c1-30-18-10-11-19-17(14-18)12-13-26-22(19)20-8-5-9-21(23(26)28)27(20)24(29)25-15-16-6-3-2-4-7-16/h2-4,6-7,10-11,14,20-22,24-25,29H,5,8-9,12-13,15H2,1H3. The van der Waals surface area contributed by atoms with Gasteiger partial charge in [-0.15, -0.1) is 0 Å². The number of hydrogen-bond donors (Lipinski definition) is 2. The van der Waals surface area contributed by atoms with Gasteiger partial charge in [0.2, 0.25) is 5.91 Å². The molecule has 0 spiro atoms. The molecule has 3 aliphatic rings. The van der Waals surface area contributed by atoms with Crippen LogP contribution in [0.15, 0.2) is 48.5 Å². The molecule has 2 aromatic carbocycles. The minimum absolute atomic E-state index is 0.0168. The fourth-order valence-corrected chi connectivity index (χ4v) is 5.50. The SMILES string of the molecule is COc1ccc2c(c1)CCN1C(=O)C3CCCC(C21)N3C(O)NCc1ccccc1. The Morgan fingerprint density at radius 2 is 2.03 bits per heavy atom. The summed E-state index contributed by atoms with van der Waals surface area (Å²) in [6, 6.07) is 16.1. The van der Waals surface area contributed by atoms with Crippen molar-refractivity contribution in [3.8, 4) is 5.75 Å². The van der Waals surface area contributed by atoms with Crippen molar-refractivity contribution in [3.63, 3.8) is 0 Å². The number of nitrogens with one attached hydrogen (secondary N) is 1. The zero-order valence-electron chi connectivity index (χ0n) is 17.3. The predicted molar refractivity (Wildman–Crippen MR) is 114 cm³/mol. The van der Waals surface area contributed by atoms with Crippen LogP contribution in [0.25, 0.3) is 0 Å². The zero-order valence-corrected chi connectivity index (χ0v) is 17.3. The lowest BCUT2D eigenvalue weighted by Gasteiger charge is -2.56. The molecule has 3 aliphatic heterocycles. The molecule has 2 bridgehead atoms. The Hall–Kier alpha value is -2.41. The minimum atomic E-state index is -0.852. The van der Waals surface area contributed by atoms with Crippen molar-refractivity contribution in [2.45, 2.75) is 56.7 Å². The Kier molecular flexibility index (Phi) is 5.23. The number of rotatable bonds is 5. The molecule has 2 saturated heterocycles. The fourth-order valence-electron chi connectivity index (χ4n) is 5.50. The van der Waals surface area contributed by atoms with Crippen LogP contribution in [0.2, 0.25) is 0 Å². The van der Waals surface area contributed by atoms with Gasteiger partial charge in [0, 0.05) is 19.1 Å². The minimum Gasteiger partial charge on any atom is -0.497 e. The summed E-state index contributed by atoms with van der Waals surface area (Å²) in [4.78, 5) is 17.5. The Labute approximate surface area is 177 Å². The zero-order chi connectivity index (χ0) is 20.7. The van der Waals surface area contributed by atoms with Crippen LogP contribution in [0, 0.1) is 0 Å². The van der Waals surface area contributed by atoms with Gasteiger partial charge >= 0.3 is 0 Å². The van der Waals surface area contributed by atoms with Crippen molar-refractivity contribution >= 4 is 5.91 Å². The molecule has 0 aliphatic carbocycles. The number of ether oxygens (including phenoxy) is 1. The van der Waals surface area contributed by atoms with Crippen LogP contribution in [0.5, 0.6) is 5.75 Å². The topological polar surface area (TPSA) is 65.0 Å². The highest BCUT2D eigenvalue weighted by Crippen LogP contribution is 2.45. The van der Waals surface area contributed by atoms with Gasteiger partial charge in [0.05, 0.1) is 19.2 Å². The van der Waals surface area contributed by atoms with Crippen LogP contribution < -0.4 is 10.1 Å². The average Bonchev–Trinajstić information content (AvgIpc) is 2.80. The van der Waals surface area contributed by atoms with Gasteiger partial charge in [-0.25, -0.2) is 4.90 Å². The third kappa shape index (κ3) is 3.29. The lowest BCUT2D eigenvalue weighted by molar-refractivity contribution is -0.178. The molecule has 158 valence electrons. The summed E-state index contributed by atoms with van der Waals surface area (Å²) in [5.74, 6) is 1.00. The number of amides is 1. The van der Waals surface area contributed by atoms with E-state index in [1.54, 1.807) is 7.11 Å². The van der Waals surface area contributed by atoms with Gasteiger partial charge in [-0.05, 0) is 54.5 Å². The number of hydrogen-bond acceptors (Lipinski definition) is 5. The van der Waals surface area contributed by atoms with Crippen molar-refractivity contribution < 1.29 is 14.6 Å². The Balaban J connectivity index is 1.44. The van der Waals surface area contributed by atoms with Crippen LogP contribution in [0.1, 0.15) is 42.0 Å². The highest BCUT2D eigenvalue weighted by atomic mass is 16.5. The summed E-state index contributed by atoms with van der Waals surface area (Å²) < 4.78 is 5.41. The molecule has 0 saturated carbocycles. The second kappa shape index (κ2) is 8.02. The van der Waals surface area contributed by atoms with E-state index in [9.17, 15) is 9.90 Å². The van der Waals surface area contributed by atoms with E-state index in [0.717, 1.165) is 43.5 Å². The van der Waals surface area contributed by atoms with Crippen LogP contribution in [0.4, 0.5) is 0 Å². The predicted octanol–water partition coefficient (Wildman–Crippen LogP) is 2.42. The van der Waals surface area contributed by atoms with Crippen LogP contribution >= 0.6 is 0 Å². The Bertz CT molecular complexity index is 919. The average molecular weight is 408 g/mol. The normalized spacial score (nSPS) is 26.7. The number of aliphatic hydroxyl groups excluding tert-OH is 1. The van der Waals surface area contributed by atoms with Crippen LogP contribution in [0.3, 0.4) is 0 Å². The van der Waals surface area contributed by atoms with Crippen molar-refractivity contribution in [2.24, 2.45) is 0 Å². The maximum absolute atomic E-state index is 13.4. The third-order valence-electron chi connectivity index (χ3n) is 6.89. The van der Waals surface area contributed by atoms with E-state index in [4.69, 9.17) is 4.74 Å². The van der Waals surface area contributed by atoms with Gasteiger partial charge in [0.25, 0.3) is 0 Å². The van der Waals surface area contributed by atoms with E-state index in [0.29, 0.717) is 6.54 Å². The number of nitrogens with zero attached hydrogens (tertiary/aromatic N) is 2. The molecule has 30 heavy (non-hydrogen) atoms. The van der Waals surface area contributed by atoms with E-state index < -0.39 is 6.35 Å². The lowest BCUT2D eigenvalue weighted by atomic mass is 9.78. The Morgan fingerprint density at radius 3 is 2.83 bits per heavy atom. The molecule has 2 fully saturated rings. The van der Waals surface area contributed by atoms with Crippen molar-refractivity contribution in [2.75, 3.05) is 13.7 Å². The van der Waals surface area contributed by atoms with Gasteiger partial charge in [-0.3, -0.25) is 10.1 Å². The molecule has 2 N–H and O–H groups in total. The number of carbonyl (C=O) groups excluding carboxylic acids is 1. The number of piperazine rings is 1. The maximum Gasteiger partial charge on any atom is 0.240 e. The number of piperidine rings is 1. The second-order valence-electron chi connectivity index (χ2n) is 8.49. The van der Waals surface area contributed by atoms with Crippen LogP contribution in [-0.2, 0) is 17.8 Å². The number of fused-ring (bicyclic) bond motifs is 6. The van der Waals surface area contributed by atoms with Crippen molar-refractivity contribution in [1.82, 2.24) is 15.1 Å². The summed E-state index contributed by atoms with van der Waals surface area (Å²) in [6.07, 6.45) is 2.79. The van der Waals surface area contributed by atoms with E-state index >= 15 is 0 Å². The number of methoxy groups -OCH3 is 1. The lowest BCUT2D eigenvalue weighted by Crippen LogP contribution is -2.70. The van der Waals surface area contributed by atoms with E-state index in [-0.39, 0.29) is 24.0 Å². The summed E-state index contributed by atoms with van der Waals surface area (Å²) in [6.45, 7) is 1.30. The summed E-state index contributed by atoms with van der Waals surface area (Å²) in [7, 11) is 1.68. The molecular formula is C24H29N3O3. The first-order valence-corrected chi connectivity index (χ1v) is 10.9. The highest BCUT2D eigenvalue weighted by molar-refractivity contribution is 5.84. The van der Waals surface area contributed by atoms with E-state index in [2.05, 4.69) is 22.3 Å². The van der Waals surface area contributed by atoms with Gasteiger partial charge in [-0.1, -0.05) is 36.4 Å². The molecule has 0 radical (unpaired) electrons. The second-order valence-corrected chi connectivity index (χ2v) is 8.49. The molecule has 3 heterocycles. The fraction of sp³-hybridized carbons (Fsp3) is 0.458. The van der Waals surface area contributed by atoms with E-state index in [1.807, 2.05) is 41.3 Å². The quantitative estimate of drug-likeness (QED) is 0.746. The molecule has 2 aromatic rings. The van der Waals surface area contributed by atoms with Crippen molar-refractivity contribution in [1.29, 1.82) is 0 Å². The van der Waals surface area contributed by atoms with Gasteiger partial charge in [0.15, 0.2) is 6.35 Å². The number of aliphatic hydroxyl groups is 1. The van der Waals surface area contributed by atoms with E-state index in [1.165, 1.54) is 11.1 Å². The molecule has 4 atom stereocenters. The largest absolute Gasteiger partial charge is 0.497 e. The maximum atomic E-state index is 13.4. The van der Waals surface area contributed by atoms with Gasteiger partial charge in [0.1, 0.15) is 5.75 Å². The third-order valence-corrected chi connectivity index (χ3v) is 6.89. The first-order valence-electron chi connectivity index (χ1n) is 10.9. The summed E-state index contributed by atoms with van der Waals surface area (Å²) in [5, 5.41) is 14.3. The molecule has 6 nitrogen and oxygen atoms in total. The van der Waals surface area contributed by atoms with Gasteiger partial charge < -0.3 is 14.7 Å². The van der Waals surface area contributed by atoms with Crippen molar-refractivity contribution in [3.05, 3.63) is 65.2 Å². The summed E-state index contributed by atoms with van der Waals surface area (Å²) in [5.41, 5.74) is 3.56. The Morgan fingerprint density at radius 1 is 1.20 bits per heavy atom. The molecular weight excluding hydrogens is 378 g/mol. The monoisotopic (exact) mass is 407 g/mol. The number of carbonyl (C=O) groups is 1. The molecule has 4 unspecified atom stereocenters. The first-order chi connectivity index (χ1) is 14.7. The smallest absolute Gasteiger partial charge is 0.240 e. The van der Waals surface area contributed by atoms with Gasteiger partial charge in [-0.2, -0.15) is 0 Å².